The van der Waals surface area contributed by atoms with Gasteiger partial charge in [0.2, 0.25) is 0 Å². The van der Waals surface area contributed by atoms with E-state index in [4.69, 9.17) is 0 Å². The Hall–Kier alpha value is -1.20. The van der Waals surface area contributed by atoms with Gasteiger partial charge in [-0.3, -0.25) is 9.59 Å². The number of aliphatic carboxylic acids is 1. The lowest BCUT2D eigenvalue weighted by Gasteiger charge is -2.63. The van der Waals surface area contributed by atoms with Gasteiger partial charge in [0.25, 0.3) is 0 Å². The van der Waals surface area contributed by atoms with Gasteiger partial charge in [0.1, 0.15) is 0 Å². The molecular weight excluding hydrogens is 452 g/mol. The summed E-state index contributed by atoms with van der Waals surface area (Å²) in [5.74, 6) is 0.550. The van der Waals surface area contributed by atoms with Crippen molar-refractivity contribution in [2.75, 3.05) is 0 Å². The quantitative estimate of drug-likeness (QED) is 0.411. The van der Waals surface area contributed by atoms with Crippen molar-refractivity contribution >= 4 is 11.8 Å². The monoisotopic (exact) mass is 500 g/mol. The number of ketones is 1. The van der Waals surface area contributed by atoms with E-state index in [9.17, 15) is 24.9 Å². The van der Waals surface area contributed by atoms with E-state index in [1.165, 1.54) is 0 Å². The van der Waals surface area contributed by atoms with Gasteiger partial charge < -0.3 is 15.3 Å². The molecule has 5 aliphatic carbocycles. The highest BCUT2D eigenvalue weighted by molar-refractivity contribution is 5.95. The van der Waals surface area contributed by atoms with Crippen LogP contribution in [0.3, 0.4) is 0 Å². The van der Waals surface area contributed by atoms with E-state index in [1.807, 2.05) is 13.8 Å². The standard InChI is InChI=1S/C31H48O5/c1-17(2)19(4)21(32)14-18(3)20-10-11-28(6)22-8-9-23-29(7,26(35)36)24(33)15-25(34)31(23)16-30(22,31)13-12-27(20,28)5/h17-18,20,22-25,33-34H,4,8-16H2,1-3,5-7H3,(H,35,36). The Bertz CT molecular complexity index is 987. The van der Waals surface area contributed by atoms with Gasteiger partial charge in [0.05, 0.1) is 17.6 Å². The highest BCUT2D eigenvalue weighted by Gasteiger charge is 2.85. The molecule has 0 amide bonds. The fourth-order valence-electron chi connectivity index (χ4n) is 11.2. The van der Waals surface area contributed by atoms with Crippen molar-refractivity contribution in [2.45, 2.75) is 112 Å². The van der Waals surface area contributed by atoms with E-state index >= 15 is 0 Å². The fraction of sp³-hybridized carbons (Fsp3) is 0.871. The molecule has 5 aliphatic rings. The molecule has 202 valence electrons. The molecule has 5 nitrogen and oxygen atoms in total. The zero-order valence-corrected chi connectivity index (χ0v) is 23.3. The molecule has 5 saturated carbocycles. The molecule has 36 heavy (non-hydrogen) atoms. The van der Waals surface area contributed by atoms with Gasteiger partial charge in [0, 0.05) is 18.3 Å². The minimum Gasteiger partial charge on any atom is -0.481 e. The van der Waals surface area contributed by atoms with E-state index in [0.29, 0.717) is 24.2 Å². The normalized spacial score (nSPS) is 52.0. The third-order valence-electron chi connectivity index (χ3n) is 13.6. The first-order chi connectivity index (χ1) is 16.6. The predicted octanol–water partition coefficient (Wildman–Crippen LogP) is 5.63. The third kappa shape index (κ3) is 2.91. The molecule has 0 aromatic heterocycles. The Morgan fingerprint density at radius 2 is 1.56 bits per heavy atom. The molecule has 5 rings (SSSR count). The molecule has 5 fully saturated rings. The van der Waals surface area contributed by atoms with Gasteiger partial charge in [-0.25, -0.2) is 0 Å². The first-order valence-electron chi connectivity index (χ1n) is 14.4. The van der Waals surface area contributed by atoms with Crippen molar-refractivity contribution in [3.63, 3.8) is 0 Å². The van der Waals surface area contributed by atoms with Gasteiger partial charge in [-0.15, -0.1) is 0 Å². The number of carbonyl (C=O) groups excluding carboxylic acids is 1. The number of carbonyl (C=O) groups is 2. The van der Waals surface area contributed by atoms with Crippen LogP contribution in [0.5, 0.6) is 0 Å². The summed E-state index contributed by atoms with van der Waals surface area (Å²) in [6, 6.07) is 0. The molecule has 11 unspecified atom stereocenters. The maximum absolute atomic E-state index is 12.9. The lowest BCUT2D eigenvalue weighted by atomic mass is 9.41. The number of aliphatic hydroxyl groups is 2. The average Bonchev–Trinajstić information content (AvgIpc) is 3.41. The van der Waals surface area contributed by atoms with Crippen LogP contribution in [0.25, 0.3) is 0 Å². The zero-order chi connectivity index (χ0) is 26.6. The molecule has 0 radical (unpaired) electrons. The van der Waals surface area contributed by atoms with Crippen molar-refractivity contribution in [3.8, 4) is 0 Å². The number of carboxylic acid groups (broad SMARTS) is 1. The highest BCUT2D eigenvalue weighted by Crippen LogP contribution is 2.89. The van der Waals surface area contributed by atoms with Crippen LogP contribution in [-0.4, -0.2) is 39.3 Å². The number of carboxylic acids is 1. The molecule has 0 heterocycles. The largest absolute Gasteiger partial charge is 0.481 e. The molecule has 3 N–H and O–H groups in total. The maximum Gasteiger partial charge on any atom is 0.312 e. The van der Waals surface area contributed by atoms with Crippen LogP contribution in [-0.2, 0) is 9.59 Å². The first-order valence-corrected chi connectivity index (χ1v) is 14.4. The predicted molar refractivity (Wildman–Crippen MR) is 139 cm³/mol. The molecule has 5 heteroatoms. The smallest absolute Gasteiger partial charge is 0.312 e. The van der Waals surface area contributed by atoms with E-state index in [2.05, 4.69) is 27.4 Å². The van der Waals surface area contributed by atoms with Crippen LogP contribution >= 0.6 is 0 Å². The van der Waals surface area contributed by atoms with E-state index in [-0.39, 0.29) is 45.7 Å². The topological polar surface area (TPSA) is 94.8 Å². The number of fused-ring (bicyclic) bond motifs is 2. The molecule has 0 aromatic carbocycles. The number of rotatable bonds is 6. The Kier molecular flexibility index (Phi) is 5.80. The second-order valence-electron chi connectivity index (χ2n) is 14.7. The van der Waals surface area contributed by atoms with E-state index in [0.717, 1.165) is 50.5 Å². The minimum atomic E-state index is -1.19. The Morgan fingerprint density at radius 1 is 0.917 bits per heavy atom. The number of hydrogen-bond acceptors (Lipinski definition) is 4. The molecule has 0 aromatic rings. The number of allylic oxidation sites excluding steroid dienone is 1. The lowest BCUT2D eigenvalue weighted by molar-refractivity contribution is -0.210. The molecule has 0 saturated heterocycles. The van der Waals surface area contributed by atoms with E-state index < -0.39 is 23.6 Å². The van der Waals surface area contributed by atoms with Gasteiger partial charge in [-0.05, 0) is 103 Å². The van der Waals surface area contributed by atoms with Crippen molar-refractivity contribution in [1.82, 2.24) is 0 Å². The Morgan fingerprint density at radius 3 is 2.17 bits per heavy atom. The van der Waals surface area contributed by atoms with Crippen LogP contribution in [0.1, 0.15) is 99.3 Å². The third-order valence-corrected chi connectivity index (χ3v) is 13.6. The zero-order valence-electron chi connectivity index (χ0n) is 23.3. The number of aliphatic hydroxyl groups excluding tert-OH is 2. The van der Waals surface area contributed by atoms with Gasteiger partial charge in [-0.1, -0.05) is 41.2 Å². The van der Waals surface area contributed by atoms with Gasteiger partial charge in [-0.2, -0.15) is 0 Å². The Balaban J connectivity index is 1.44. The SMILES string of the molecule is C=C(C(=O)CC(C)C1CCC2(C)C3CCC4C(C)(C(=O)O)C(O)CC(O)C45CC35CCC12C)C(C)C. The summed E-state index contributed by atoms with van der Waals surface area (Å²) in [6.07, 6.45) is 6.13. The van der Waals surface area contributed by atoms with Crippen molar-refractivity contribution in [2.24, 2.45) is 56.7 Å². The van der Waals surface area contributed by atoms with Gasteiger partial charge in [0.15, 0.2) is 5.78 Å². The summed E-state index contributed by atoms with van der Waals surface area (Å²) in [7, 11) is 0. The molecule has 11 atom stereocenters. The second kappa shape index (κ2) is 7.91. The van der Waals surface area contributed by atoms with Crippen molar-refractivity contribution in [3.05, 3.63) is 12.2 Å². The molecular formula is C31H48O5. The van der Waals surface area contributed by atoms with Gasteiger partial charge >= 0.3 is 5.97 Å². The number of Topliss-reactive ketones (excluding diaryl/α,β-unsaturated/α-hetero) is 1. The summed E-state index contributed by atoms with van der Waals surface area (Å²) >= 11 is 0. The average molecular weight is 501 g/mol. The first kappa shape index (κ1) is 26.4. The summed E-state index contributed by atoms with van der Waals surface area (Å²) in [5, 5.41) is 32.5. The van der Waals surface area contributed by atoms with Crippen LogP contribution < -0.4 is 0 Å². The van der Waals surface area contributed by atoms with Crippen LogP contribution in [0.15, 0.2) is 12.2 Å². The van der Waals surface area contributed by atoms with Crippen LogP contribution in [0.4, 0.5) is 0 Å². The Labute approximate surface area is 217 Å². The summed E-state index contributed by atoms with van der Waals surface area (Å²) in [5.41, 5.74) is -0.591. The van der Waals surface area contributed by atoms with Crippen LogP contribution in [0, 0.1) is 56.7 Å². The van der Waals surface area contributed by atoms with Crippen LogP contribution in [0.2, 0.25) is 0 Å². The molecule has 0 aliphatic heterocycles. The van der Waals surface area contributed by atoms with E-state index in [1.54, 1.807) is 6.92 Å². The minimum absolute atomic E-state index is 0.0136. The summed E-state index contributed by atoms with van der Waals surface area (Å²) < 4.78 is 0. The molecule has 0 bridgehead atoms. The second-order valence-corrected chi connectivity index (χ2v) is 14.7. The maximum atomic E-state index is 12.9. The van der Waals surface area contributed by atoms with Crippen molar-refractivity contribution in [1.29, 1.82) is 0 Å². The fourth-order valence-corrected chi connectivity index (χ4v) is 11.2. The lowest BCUT2D eigenvalue weighted by Crippen LogP contribution is -2.63. The summed E-state index contributed by atoms with van der Waals surface area (Å²) in [4.78, 5) is 25.4. The molecule has 2 spiro atoms. The number of hydrogen-bond donors (Lipinski definition) is 3. The summed E-state index contributed by atoms with van der Waals surface area (Å²) in [6.45, 7) is 17.1. The van der Waals surface area contributed by atoms with Crippen molar-refractivity contribution < 1.29 is 24.9 Å². The highest BCUT2D eigenvalue weighted by atomic mass is 16.4.